The highest BCUT2D eigenvalue weighted by atomic mass is 16.5. The first-order chi connectivity index (χ1) is 9.12. The Labute approximate surface area is 108 Å². The molecule has 1 atom stereocenters. The number of aromatic nitrogens is 3. The molecule has 1 unspecified atom stereocenters. The van der Waals surface area contributed by atoms with Crippen LogP contribution in [0, 0.1) is 0 Å². The number of amides is 2. The van der Waals surface area contributed by atoms with Gasteiger partial charge in [-0.25, -0.2) is 0 Å². The molecule has 9 heteroatoms. The molecule has 102 valence electrons. The summed E-state index contributed by atoms with van der Waals surface area (Å²) in [6.45, 7) is 0. The molecular formula is C10H13N5O4. The van der Waals surface area contributed by atoms with Gasteiger partial charge in [0.25, 0.3) is 0 Å². The summed E-state index contributed by atoms with van der Waals surface area (Å²) >= 11 is 0. The van der Waals surface area contributed by atoms with Gasteiger partial charge >= 0.3 is 12.0 Å². The number of nitrogens with one attached hydrogen (secondary N) is 2. The molecule has 0 aromatic carbocycles. The second-order valence-electron chi connectivity index (χ2n) is 3.78. The zero-order valence-corrected chi connectivity index (χ0v) is 10.5. The molecule has 0 saturated carbocycles. The minimum Gasteiger partial charge on any atom is -0.467 e. The van der Waals surface area contributed by atoms with Gasteiger partial charge in [0.1, 0.15) is 6.04 Å². The standard InChI is InChI=1S/C10H13N5O4/c1-18-9-13-8(14-10(15-9)19-2)11-5-3-4-6(16)12-7(5)17/h5H,3-4H2,1-2H3,(H,12,16,17)(H,11,13,14,15). The van der Waals surface area contributed by atoms with Crippen LogP contribution in [-0.2, 0) is 9.59 Å². The van der Waals surface area contributed by atoms with Crippen molar-refractivity contribution in [2.75, 3.05) is 19.5 Å². The van der Waals surface area contributed by atoms with Gasteiger partial charge in [-0.15, -0.1) is 4.98 Å². The van der Waals surface area contributed by atoms with E-state index in [4.69, 9.17) is 9.47 Å². The normalized spacial score (nSPS) is 18.7. The molecule has 1 aliphatic rings. The van der Waals surface area contributed by atoms with Crippen LogP contribution in [0.2, 0.25) is 0 Å². The summed E-state index contributed by atoms with van der Waals surface area (Å²) in [5, 5.41) is 5.05. The lowest BCUT2D eigenvalue weighted by Gasteiger charge is -2.21. The fraction of sp³-hybridized carbons (Fsp3) is 0.500. The smallest absolute Gasteiger partial charge is 0.324 e. The molecule has 2 heterocycles. The maximum Gasteiger partial charge on any atom is 0.324 e. The van der Waals surface area contributed by atoms with Crippen molar-refractivity contribution in [2.24, 2.45) is 0 Å². The molecule has 0 bridgehead atoms. The summed E-state index contributed by atoms with van der Waals surface area (Å²) in [5.74, 6) is -0.540. The number of carbonyl (C=O) groups is 2. The van der Waals surface area contributed by atoms with E-state index in [1.807, 2.05) is 0 Å². The molecule has 0 spiro atoms. The third kappa shape index (κ3) is 3.06. The fourth-order valence-corrected chi connectivity index (χ4v) is 1.57. The summed E-state index contributed by atoms with van der Waals surface area (Å²) in [4.78, 5) is 34.3. The van der Waals surface area contributed by atoms with E-state index in [2.05, 4.69) is 25.6 Å². The zero-order chi connectivity index (χ0) is 13.8. The molecule has 2 rings (SSSR count). The molecule has 9 nitrogen and oxygen atoms in total. The van der Waals surface area contributed by atoms with Gasteiger partial charge in [0.15, 0.2) is 0 Å². The van der Waals surface area contributed by atoms with Crippen LogP contribution < -0.4 is 20.1 Å². The van der Waals surface area contributed by atoms with Gasteiger partial charge in [0.2, 0.25) is 17.8 Å². The number of rotatable bonds is 4. The summed E-state index contributed by atoms with van der Waals surface area (Å²) in [7, 11) is 2.81. The van der Waals surface area contributed by atoms with Crippen molar-refractivity contribution in [3.05, 3.63) is 0 Å². The fourth-order valence-electron chi connectivity index (χ4n) is 1.57. The number of ether oxygens (including phenoxy) is 2. The number of carbonyl (C=O) groups excluding carboxylic acids is 2. The number of hydrogen-bond acceptors (Lipinski definition) is 8. The van der Waals surface area contributed by atoms with E-state index in [0.29, 0.717) is 6.42 Å². The third-order valence-corrected chi connectivity index (χ3v) is 2.50. The van der Waals surface area contributed by atoms with E-state index >= 15 is 0 Å². The number of methoxy groups -OCH3 is 2. The molecular weight excluding hydrogens is 254 g/mol. The predicted octanol–water partition coefficient (Wildman–Crippen LogP) is -0.894. The molecule has 2 amide bonds. The molecule has 1 fully saturated rings. The van der Waals surface area contributed by atoms with E-state index in [9.17, 15) is 9.59 Å². The molecule has 0 aliphatic carbocycles. The number of piperidine rings is 1. The van der Waals surface area contributed by atoms with Crippen molar-refractivity contribution in [2.45, 2.75) is 18.9 Å². The highest BCUT2D eigenvalue weighted by Crippen LogP contribution is 2.15. The molecule has 1 saturated heterocycles. The summed E-state index contributed by atoms with van der Waals surface area (Å²) < 4.78 is 9.79. The lowest BCUT2D eigenvalue weighted by molar-refractivity contribution is -0.133. The van der Waals surface area contributed by atoms with Crippen molar-refractivity contribution in [3.8, 4) is 12.0 Å². The third-order valence-electron chi connectivity index (χ3n) is 2.50. The van der Waals surface area contributed by atoms with Crippen LogP contribution in [0.5, 0.6) is 12.0 Å². The topological polar surface area (TPSA) is 115 Å². The second-order valence-corrected chi connectivity index (χ2v) is 3.78. The number of nitrogens with zero attached hydrogens (tertiary/aromatic N) is 3. The van der Waals surface area contributed by atoms with Crippen LogP contribution >= 0.6 is 0 Å². The lowest BCUT2D eigenvalue weighted by Crippen LogP contribution is -2.47. The van der Waals surface area contributed by atoms with E-state index in [-0.39, 0.29) is 30.3 Å². The molecule has 1 aromatic rings. The predicted molar refractivity (Wildman–Crippen MR) is 62.7 cm³/mol. The maximum absolute atomic E-state index is 11.6. The largest absolute Gasteiger partial charge is 0.467 e. The highest BCUT2D eigenvalue weighted by Gasteiger charge is 2.27. The average molecular weight is 267 g/mol. The van der Waals surface area contributed by atoms with Crippen molar-refractivity contribution in [1.82, 2.24) is 20.3 Å². The summed E-state index contributed by atoms with van der Waals surface area (Å²) in [5.41, 5.74) is 0. The molecule has 1 aliphatic heterocycles. The molecule has 0 radical (unpaired) electrons. The second kappa shape index (κ2) is 5.46. The SMILES string of the molecule is COc1nc(NC2CCC(=O)NC2=O)nc(OC)n1. The number of anilines is 1. The van der Waals surface area contributed by atoms with Gasteiger partial charge in [-0.05, 0) is 6.42 Å². The first kappa shape index (κ1) is 13.0. The first-order valence-electron chi connectivity index (χ1n) is 5.56. The molecule has 2 N–H and O–H groups in total. The van der Waals surface area contributed by atoms with Crippen molar-refractivity contribution >= 4 is 17.8 Å². The summed E-state index contributed by atoms with van der Waals surface area (Å²) in [6, 6.07) is -0.433. The van der Waals surface area contributed by atoms with Gasteiger partial charge in [-0.3, -0.25) is 14.9 Å². The Morgan fingerprint density at radius 2 is 1.79 bits per heavy atom. The summed E-state index contributed by atoms with van der Waals surface area (Å²) in [6.07, 6.45) is 0.643. The minimum absolute atomic E-state index is 0.0710. The van der Waals surface area contributed by atoms with Crippen LogP contribution in [0.15, 0.2) is 0 Å². The number of imide groups is 1. The minimum atomic E-state index is -0.575. The van der Waals surface area contributed by atoms with Crippen molar-refractivity contribution in [3.63, 3.8) is 0 Å². The van der Waals surface area contributed by atoms with Gasteiger partial charge in [-0.1, -0.05) is 0 Å². The Morgan fingerprint density at radius 3 is 2.32 bits per heavy atom. The Kier molecular flexibility index (Phi) is 3.74. The monoisotopic (exact) mass is 267 g/mol. The van der Waals surface area contributed by atoms with Crippen LogP contribution in [0.3, 0.4) is 0 Å². The van der Waals surface area contributed by atoms with Crippen LogP contribution in [0.25, 0.3) is 0 Å². The maximum atomic E-state index is 11.6. The van der Waals surface area contributed by atoms with E-state index in [1.54, 1.807) is 0 Å². The number of hydrogen-bond donors (Lipinski definition) is 2. The Bertz CT molecular complexity index is 484. The van der Waals surface area contributed by atoms with Gasteiger partial charge in [0.05, 0.1) is 14.2 Å². The molecule has 1 aromatic heterocycles. The van der Waals surface area contributed by atoms with Gasteiger partial charge < -0.3 is 14.8 Å². The Hall–Kier alpha value is -2.45. The Morgan fingerprint density at radius 1 is 1.16 bits per heavy atom. The highest BCUT2D eigenvalue weighted by molar-refractivity contribution is 6.01. The average Bonchev–Trinajstić information content (AvgIpc) is 2.41. The zero-order valence-electron chi connectivity index (χ0n) is 10.5. The van der Waals surface area contributed by atoms with E-state index in [0.717, 1.165) is 0 Å². The van der Waals surface area contributed by atoms with Crippen molar-refractivity contribution in [1.29, 1.82) is 0 Å². The molecule has 19 heavy (non-hydrogen) atoms. The van der Waals surface area contributed by atoms with Crippen molar-refractivity contribution < 1.29 is 19.1 Å². The van der Waals surface area contributed by atoms with E-state index < -0.39 is 11.9 Å². The first-order valence-corrected chi connectivity index (χ1v) is 5.56. The van der Waals surface area contributed by atoms with Crippen LogP contribution in [-0.4, -0.2) is 47.0 Å². The van der Waals surface area contributed by atoms with Gasteiger partial charge in [0, 0.05) is 6.42 Å². The van der Waals surface area contributed by atoms with E-state index in [1.165, 1.54) is 14.2 Å². The lowest BCUT2D eigenvalue weighted by atomic mass is 10.1. The van der Waals surface area contributed by atoms with Crippen LogP contribution in [0.1, 0.15) is 12.8 Å². The van der Waals surface area contributed by atoms with Crippen LogP contribution in [0.4, 0.5) is 5.95 Å². The quantitative estimate of drug-likeness (QED) is 0.675. The van der Waals surface area contributed by atoms with Gasteiger partial charge in [-0.2, -0.15) is 9.97 Å². The Balaban J connectivity index is 2.14.